The first-order valence-corrected chi connectivity index (χ1v) is 5.60. The molecular formula is C12H13F3N2O. The van der Waals surface area contributed by atoms with Gasteiger partial charge in [0.25, 0.3) is 0 Å². The van der Waals surface area contributed by atoms with Gasteiger partial charge < -0.3 is 4.74 Å². The van der Waals surface area contributed by atoms with Gasteiger partial charge in [-0.25, -0.2) is 4.52 Å². The van der Waals surface area contributed by atoms with Crippen LogP contribution < -0.4 is 4.74 Å². The highest BCUT2D eigenvalue weighted by Gasteiger charge is 2.34. The Hall–Kier alpha value is -1.72. The second-order valence-electron chi connectivity index (χ2n) is 3.98. The van der Waals surface area contributed by atoms with Crippen molar-refractivity contribution in [1.29, 1.82) is 0 Å². The maximum Gasteiger partial charge on any atom is 0.435 e. The van der Waals surface area contributed by atoms with Gasteiger partial charge in [0, 0.05) is 6.07 Å². The van der Waals surface area contributed by atoms with Gasteiger partial charge in [-0.1, -0.05) is 19.4 Å². The molecule has 0 bridgehead atoms. The third-order valence-electron chi connectivity index (χ3n) is 2.69. The fourth-order valence-electron chi connectivity index (χ4n) is 1.88. The van der Waals surface area contributed by atoms with Crippen molar-refractivity contribution in [1.82, 2.24) is 9.61 Å². The number of fused-ring (bicyclic) bond motifs is 1. The SMILES string of the molecule is CCCc1ccc(OC)n2nc(C(F)(F)F)cc12. The van der Waals surface area contributed by atoms with E-state index in [4.69, 9.17) is 4.74 Å². The van der Waals surface area contributed by atoms with Gasteiger partial charge in [0.1, 0.15) is 0 Å². The molecule has 2 aromatic rings. The summed E-state index contributed by atoms with van der Waals surface area (Å²) in [5, 5.41) is 3.56. The largest absolute Gasteiger partial charge is 0.481 e. The summed E-state index contributed by atoms with van der Waals surface area (Å²) in [6.45, 7) is 1.97. The van der Waals surface area contributed by atoms with Gasteiger partial charge in [-0.2, -0.15) is 18.3 Å². The predicted octanol–water partition coefficient (Wildman–Crippen LogP) is 3.31. The topological polar surface area (TPSA) is 26.5 Å². The third kappa shape index (κ3) is 2.14. The molecule has 98 valence electrons. The second-order valence-corrected chi connectivity index (χ2v) is 3.98. The molecule has 0 N–H and O–H groups in total. The first-order chi connectivity index (χ1) is 8.47. The fraction of sp³-hybridized carbons (Fsp3) is 0.417. The van der Waals surface area contributed by atoms with E-state index in [2.05, 4.69) is 5.10 Å². The summed E-state index contributed by atoms with van der Waals surface area (Å²) >= 11 is 0. The minimum absolute atomic E-state index is 0.292. The van der Waals surface area contributed by atoms with Gasteiger partial charge in [-0.05, 0) is 18.1 Å². The molecule has 0 aliphatic rings. The van der Waals surface area contributed by atoms with Crippen molar-refractivity contribution in [3.05, 3.63) is 29.5 Å². The number of halogens is 3. The monoisotopic (exact) mass is 258 g/mol. The molecule has 0 saturated carbocycles. The smallest absolute Gasteiger partial charge is 0.435 e. The Kier molecular flexibility index (Phi) is 3.19. The number of hydrogen-bond acceptors (Lipinski definition) is 2. The minimum atomic E-state index is -4.44. The van der Waals surface area contributed by atoms with Crippen LogP contribution in [0.3, 0.4) is 0 Å². The molecule has 0 unspecified atom stereocenters. The zero-order valence-electron chi connectivity index (χ0n) is 10.1. The van der Waals surface area contributed by atoms with E-state index in [-0.39, 0.29) is 0 Å². The molecule has 0 saturated heterocycles. The Bertz CT molecular complexity index is 560. The van der Waals surface area contributed by atoms with Crippen molar-refractivity contribution in [2.24, 2.45) is 0 Å². The molecule has 0 amide bonds. The quantitative estimate of drug-likeness (QED) is 0.844. The number of alkyl halides is 3. The van der Waals surface area contributed by atoms with Crippen LogP contribution in [0.5, 0.6) is 5.88 Å². The number of hydrogen-bond donors (Lipinski definition) is 0. The summed E-state index contributed by atoms with van der Waals surface area (Å²) in [4.78, 5) is 0. The lowest BCUT2D eigenvalue weighted by Crippen LogP contribution is -2.06. The van der Waals surface area contributed by atoms with Crippen LogP contribution >= 0.6 is 0 Å². The van der Waals surface area contributed by atoms with E-state index in [1.807, 2.05) is 6.92 Å². The number of nitrogens with zero attached hydrogens (tertiary/aromatic N) is 2. The van der Waals surface area contributed by atoms with Crippen molar-refractivity contribution in [3.8, 4) is 5.88 Å². The van der Waals surface area contributed by atoms with Crippen LogP contribution in [0.1, 0.15) is 24.6 Å². The van der Waals surface area contributed by atoms with Crippen LogP contribution in [0.2, 0.25) is 0 Å². The average molecular weight is 258 g/mol. The van der Waals surface area contributed by atoms with Crippen molar-refractivity contribution >= 4 is 5.52 Å². The summed E-state index contributed by atoms with van der Waals surface area (Å²) in [5.41, 5.74) is 0.383. The summed E-state index contributed by atoms with van der Waals surface area (Å²) in [7, 11) is 1.41. The number of methoxy groups -OCH3 is 1. The molecule has 0 spiro atoms. The average Bonchev–Trinajstić information content (AvgIpc) is 2.74. The molecule has 0 aromatic carbocycles. The van der Waals surface area contributed by atoms with Crippen LogP contribution in [0, 0.1) is 0 Å². The highest BCUT2D eigenvalue weighted by atomic mass is 19.4. The van der Waals surface area contributed by atoms with E-state index in [9.17, 15) is 13.2 Å². The first kappa shape index (κ1) is 12.7. The van der Waals surface area contributed by atoms with Crippen LogP contribution in [0.4, 0.5) is 13.2 Å². The summed E-state index contributed by atoms with van der Waals surface area (Å²) in [5.74, 6) is 0.292. The van der Waals surface area contributed by atoms with Gasteiger partial charge in [0.15, 0.2) is 5.69 Å². The summed E-state index contributed by atoms with van der Waals surface area (Å²) in [6.07, 6.45) is -2.88. The highest BCUT2D eigenvalue weighted by molar-refractivity contribution is 5.57. The minimum Gasteiger partial charge on any atom is -0.481 e. The lowest BCUT2D eigenvalue weighted by molar-refractivity contribution is -0.141. The normalized spacial score (nSPS) is 12.1. The van der Waals surface area contributed by atoms with E-state index in [0.29, 0.717) is 17.8 Å². The van der Waals surface area contributed by atoms with Crippen LogP contribution in [0.15, 0.2) is 18.2 Å². The van der Waals surface area contributed by atoms with Gasteiger partial charge in [0.05, 0.1) is 12.6 Å². The lowest BCUT2D eigenvalue weighted by atomic mass is 10.1. The molecule has 18 heavy (non-hydrogen) atoms. The zero-order valence-corrected chi connectivity index (χ0v) is 10.1. The maximum absolute atomic E-state index is 12.7. The Morgan fingerprint density at radius 3 is 2.61 bits per heavy atom. The lowest BCUT2D eigenvalue weighted by Gasteiger charge is -2.06. The van der Waals surface area contributed by atoms with E-state index < -0.39 is 11.9 Å². The Labute approximate surface area is 102 Å². The molecule has 3 nitrogen and oxygen atoms in total. The second kappa shape index (κ2) is 4.51. The molecular weight excluding hydrogens is 245 g/mol. The van der Waals surface area contributed by atoms with Crippen LogP contribution in [0.25, 0.3) is 5.52 Å². The van der Waals surface area contributed by atoms with Gasteiger partial charge >= 0.3 is 6.18 Å². The number of pyridine rings is 1. The number of rotatable bonds is 3. The Balaban J connectivity index is 2.66. The Morgan fingerprint density at radius 2 is 2.06 bits per heavy atom. The van der Waals surface area contributed by atoms with Crippen molar-refractivity contribution in [3.63, 3.8) is 0 Å². The van der Waals surface area contributed by atoms with E-state index >= 15 is 0 Å². The third-order valence-corrected chi connectivity index (χ3v) is 2.69. The van der Waals surface area contributed by atoms with Gasteiger partial charge in [-0.15, -0.1) is 0 Å². The van der Waals surface area contributed by atoms with Crippen molar-refractivity contribution < 1.29 is 17.9 Å². The fourth-order valence-corrected chi connectivity index (χ4v) is 1.88. The number of ether oxygens (including phenoxy) is 1. The van der Waals surface area contributed by atoms with Crippen LogP contribution in [-0.4, -0.2) is 16.7 Å². The van der Waals surface area contributed by atoms with E-state index in [1.165, 1.54) is 11.6 Å². The van der Waals surface area contributed by atoms with Gasteiger partial charge in [-0.3, -0.25) is 0 Å². The number of aryl methyl sites for hydroxylation is 1. The zero-order chi connectivity index (χ0) is 13.3. The van der Waals surface area contributed by atoms with Crippen LogP contribution in [-0.2, 0) is 12.6 Å². The van der Waals surface area contributed by atoms with Crippen molar-refractivity contribution in [2.75, 3.05) is 7.11 Å². The van der Waals surface area contributed by atoms with E-state index in [0.717, 1.165) is 18.1 Å². The highest BCUT2D eigenvalue weighted by Crippen LogP contribution is 2.31. The Morgan fingerprint density at radius 1 is 1.33 bits per heavy atom. The molecule has 6 heteroatoms. The standard InChI is InChI=1S/C12H13F3N2O/c1-3-4-8-5-6-11(18-2)17-9(8)7-10(16-17)12(13,14)15/h5-7H,3-4H2,1-2H3. The molecule has 0 atom stereocenters. The molecule has 0 aliphatic carbocycles. The number of aromatic nitrogens is 2. The maximum atomic E-state index is 12.7. The molecule has 2 aromatic heterocycles. The predicted molar refractivity (Wildman–Crippen MR) is 60.7 cm³/mol. The summed E-state index contributed by atoms with van der Waals surface area (Å²) < 4.78 is 44.2. The van der Waals surface area contributed by atoms with Gasteiger partial charge in [0.2, 0.25) is 5.88 Å². The summed E-state index contributed by atoms with van der Waals surface area (Å²) in [6, 6.07) is 4.47. The molecule has 0 fully saturated rings. The first-order valence-electron chi connectivity index (χ1n) is 5.60. The van der Waals surface area contributed by atoms with E-state index in [1.54, 1.807) is 12.1 Å². The molecule has 2 rings (SSSR count). The molecule has 0 aliphatic heterocycles. The molecule has 2 heterocycles. The van der Waals surface area contributed by atoms with Crippen molar-refractivity contribution in [2.45, 2.75) is 25.9 Å². The molecule has 0 radical (unpaired) electrons.